The van der Waals surface area contributed by atoms with Gasteiger partial charge < -0.3 is 25.4 Å². The van der Waals surface area contributed by atoms with Crippen LogP contribution in [0.2, 0.25) is 0 Å². The van der Waals surface area contributed by atoms with E-state index in [1.165, 1.54) is 4.90 Å². The van der Waals surface area contributed by atoms with E-state index in [0.29, 0.717) is 25.1 Å². The van der Waals surface area contributed by atoms with Gasteiger partial charge in [0.2, 0.25) is 11.8 Å². The lowest BCUT2D eigenvalue weighted by molar-refractivity contribution is -0.143. The number of aliphatic hydroxyl groups excluding tert-OH is 1. The van der Waals surface area contributed by atoms with Crippen LogP contribution in [0.3, 0.4) is 0 Å². The molecule has 1 aromatic rings. The average molecular weight is 520 g/mol. The van der Waals surface area contributed by atoms with E-state index >= 15 is 0 Å². The van der Waals surface area contributed by atoms with Gasteiger partial charge in [-0.2, -0.15) is 0 Å². The summed E-state index contributed by atoms with van der Waals surface area (Å²) >= 11 is 0. The molecule has 0 aromatic heterocycles. The van der Waals surface area contributed by atoms with Crippen molar-refractivity contribution in [3.8, 4) is 0 Å². The fourth-order valence-electron chi connectivity index (χ4n) is 3.98. The number of hydrogen-bond acceptors (Lipinski definition) is 5. The predicted octanol–water partition coefficient (Wildman–Crippen LogP) is 4.89. The lowest BCUT2D eigenvalue weighted by Crippen LogP contribution is -2.54. The van der Waals surface area contributed by atoms with Gasteiger partial charge in [0.1, 0.15) is 17.7 Å². The van der Waals surface area contributed by atoms with Gasteiger partial charge in [0.05, 0.1) is 6.61 Å². The molecular weight excluding hydrogens is 470 g/mol. The second-order valence-electron chi connectivity index (χ2n) is 10.5. The molecule has 0 spiro atoms. The molecule has 8 nitrogen and oxygen atoms in total. The summed E-state index contributed by atoms with van der Waals surface area (Å²) < 4.78 is 5.30. The fraction of sp³-hybridized carbons (Fsp3) is 0.690. The van der Waals surface area contributed by atoms with Crippen molar-refractivity contribution >= 4 is 17.9 Å². The van der Waals surface area contributed by atoms with Crippen LogP contribution in [0, 0.1) is 0 Å². The van der Waals surface area contributed by atoms with Gasteiger partial charge in [-0.1, -0.05) is 77.1 Å². The lowest BCUT2D eigenvalue weighted by atomic mass is 10.00. The number of hydrogen-bond donors (Lipinski definition) is 3. The molecule has 0 bridgehead atoms. The summed E-state index contributed by atoms with van der Waals surface area (Å²) in [6, 6.07) is 5.59. The van der Waals surface area contributed by atoms with Crippen LogP contribution in [0.15, 0.2) is 24.3 Å². The highest BCUT2D eigenvalue weighted by Gasteiger charge is 2.35. The molecule has 0 radical (unpaired) electrons. The molecule has 0 saturated carbocycles. The zero-order valence-electron chi connectivity index (χ0n) is 23.8. The van der Waals surface area contributed by atoms with E-state index in [4.69, 9.17) is 4.74 Å². The van der Waals surface area contributed by atoms with Gasteiger partial charge in [0.15, 0.2) is 0 Å². The van der Waals surface area contributed by atoms with Crippen molar-refractivity contribution in [2.24, 2.45) is 0 Å². The minimum Gasteiger partial charge on any atom is -0.444 e. The van der Waals surface area contributed by atoms with Gasteiger partial charge in [0, 0.05) is 13.1 Å². The molecule has 1 aromatic carbocycles. The van der Waals surface area contributed by atoms with Gasteiger partial charge >= 0.3 is 6.09 Å². The summed E-state index contributed by atoms with van der Waals surface area (Å²) in [6.45, 7) is 11.7. The monoisotopic (exact) mass is 519 g/mol. The largest absolute Gasteiger partial charge is 0.444 e. The quantitative estimate of drug-likeness (QED) is 0.270. The number of carbonyl (C=O) groups excluding carboxylic acids is 3. The first-order valence-corrected chi connectivity index (χ1v) is 13.8. The van der Waals surface area contributed by atoms with Crippen LogP contribution in [0.1, 0.15) is 104 Å². The maximum atomic E-state index is 13.8. The summed E-state index contributed by atoms with van der Waals surface area (Å²) in [4.78, 5) is 41.2. The van der Waals surface area contributed by atoms with E-state index in [9.17, 15) is 19.5 Å². The molecule has 0 aliphatic rings. The number of nitrogens with one attached hydrogen (secondary N) is 2. The molecule has 37 heavy (non-hydrogen) atoms. The van der Waals surface area contributed by atoms with Crippen molar-refractivity contribution in [1.82, 2.24) is 15.5 Å². The molecule has 0 fully saturated rings. The molecule has 210 valence electrons. The van der Waals surface area contributed by atoms with Gasteiger partial charge in [-0.25, -0.2) is 4.79 Å². The Balaban J connectivity index is 3.33. The van der Waals surface area contributed by atoms with E-state index in [0.717, 1.165) is 50.5 Å². The predicted molar refractivity (Wildman–Crippen MR) is 147 cm³/mol. The standard InChI is InChI=1S/C29H49N3O5/c1-7-10-12-13-14-20-32(27(35)24(21-33)31-28(36)37-29(4,5)6)25(26(34)30-19-11-8-2)23-17-15-22(9-3)16-18-23/h15-18,24-25,33H,7-14,19-21H2,1-6H3,(H,30,34)(H,31,36). The molecule has 2 unspecified atom stereocenters. The zero-order chi connectivity index (χ0) is 27.8. The molecule has 0 aliphatic carbocycles. The normalized spacial score (nSPS) is 12.9. The zero-order valence-corrected chi connectivity index (χ0v) is 23.8. The third kappa shape index (κ3) is 12.0. The molecule has 3 N–H and O–H groups in total. The molecule has 0 saturated heterocycles. The minimum atomic E-state index is -1.23. The summed E-state index contributed by atoms with van der Waals surface area (Å²) in [5.41, 5.74) is 1.07. The third-order valence-corrected chi connectivity index (χ3v) is 6.05. The number of amides is 3. The fourth-order valence-corrected chi connectivity index (χ4v) is 3.98. The number of rotatable bonds is 16. The minimum absolute atomic E-state index is 0.270. The first kappa shape index (κ1) is 32.4. The van der Waals surface area contributed by atoms with Crippen molar-refractivity contribution < 1.29 is 24.2 Å². The van der Waals surface area contributed by atoms with Crippen molar-refractivity contribution in [3.63, 3.8) is 0 Å². The van der Waals surface area contributed by atoms with Crippen LogP contribution in [0.5, 0.6) is 0 Å². The van der Waals surface area contributed by atoms with Crippen LogP contribution in [0.4, 0.5) is 4.79 Å². The topological polar surface area (TPSA) is 108 Å². The highest BCUT2D eigenvalue weighted by atomic mass is 16.6. The summed E-state index contributed by atoms with van der Waals surface area (Å²) in [7, 11) is 0. The third-order valence-electron chi connectivity index (χ3n) is 6.05. The lowest BCUT2D eigenvalue weighted by Gasteiger charge is -2.34. The van der Waals surface area contributed by atoms with Gasteiger partial charge in [-0.15, -0.1) is 0 Å². The van der Waals surface area contributed by atoms with Crippen LogP contribution >= 0.6 is 0 Å². The van der Waals surface area contributed by atoms with Crippen molar-refractivity contribution in [3.05, 3.63) is 35.4 Å². The summed E-state index contributed by atoms with van der Waals surface area (Å²) in [6.07, 6.45) is 6.70. The molecular formula is C29H49N3O5. The Kier molecular flexibility index (Phi) is 14.9. The molecule has 2 atom stereocenters. The number of carbonyl (C=O) groups is 3. The van der Waals surface area contributed by atoms with Crippen LogP contribution in [-0.2, 0) is 20.7 Å². The molecule has 0 heterocycles. The van der Waals surface area contributed by atoms with E-state index in [-0.39, 0.29) is 5.91 Å². The highest BCUT2D eigenvalue weighted by molar-refractivity contribution is 5.92. The Morgan fingerprint density at radius 1 is 0.946 bits per heavy atom. The average Bonchev–Trinajstić information content (AvgIpc) is 2.85. The van der Waals surface area contributed by atoms with Crippen LogP contribution < -0.4 is 10.6 Å². The maximum Gasteiger partial charge on any atom is 0.408 e. The van der Waals surface area contributed by atoms with E-state index < -0.39 is 36.3 Å². The maximum absolute atomic E-state index is 13.8. The van der Waals surface area contributed by atoms with Crippen molar-refractivity contribution in [2.45, 2.75) is 111 Å². The first-order chi connectivity index (χ1) is 17.6. The number of alkyl carbamates (subject to hydrolysis) is 1. The number of unbranched alkanes of at least 4 members (excludes halogenated alkanes) is 5. The first-order valence-electron chi connectivity index (χ1n) is 13.8. The number of aliphatic hydroxyl groups is 1. The Morgan fingerprint density at radius 3 is 2.11 bits per heavy atom. The molecule has 1 rings (SSSR count). The van der Waals surface area contributed by atoms with E-state index in [1.807, 2.05) is 31.2 Å². The van der Waals surface area contributed by atoms with Gasteiger partial charge in [-0.3, -0.25) is 9.59 Å². The molecule has 8 heteroatoms. The Hall–Kier alpha value is -2.61. The second kappa shape index (κ2) is 17.0. The highest BCUT2D eigenvalue weighted by Crippen LogP contribution is 2.24. The molecule has 0 aliphatic heterocycles. The number of benzene rings is 1. The second-order valence-corrected chi connectivity index (χ2v) is 10.5. The number of aryl methyl sites for hydroxylation is 1. The summed E-state index contributed by atoms with van der Waals surface area (Å²) in [5.74, 6) is -0.785. The molecule has 3 amide bonds. The number of nitrogens with zero attached hydrogens (tertiary/aromatic N) is 1. The van der Waals surface area contributed by atoms with E-state index in [2.05, 4.69) is 24.5 Å². The van der Waals surface area contributed by atoms with Gasteiger partial charge in [0.25, 0.3) is 0 Å². The Morgan fingerprint density at radius 2 is 1.57 bits per heavy atom. The Labute approximate surface area is 223 Å². The van der Waals surface area contributed by atoms with Crippen LogP contribution in [0.25, 0.3) is 0 Å². The summed E-state index contributed by atoms with van der Waals surface area (Å²) in [5, 5.41) is 15.5. The van der Waals surface area contributed by atoms with Crippen LogP contribution in [-0.4, -0.2) is 59.3 Å². The number of ether oxygens (including phenoxy) is 1. The van der Waals surface area contributed by atoms with Gasteiger partial charge in [-0.05, 0) is 51.2 Å². The Bertz CT molecular complexity index is 820. The smallest absolute Gasteiger partial charge is 0.408 e. The van der Waals surface area contributed by atoms with Crippen molar-refractivity contribution in [1.29, 1.82) is 0 Å². The van der Waals surface area contributed by atoms with E-state index in [1.54, 1.807) is 20.8 Å². The van der Waals surface area contributed by atoms with Crippen molar-refractivity contribution in [2.75, 3.05) is 19.7 Å². The SMILES string of the molecule is CCCCCCCN(C(=O)C(CO)NC(=O)OC(C)(C)C)C(C(=O)NCCCC)c1ccc(CC)cc1.